The van der Waals surface area contributed by atoms with Gasteiger partial charge in [-0.25, -0.2) is 19.9 Å². The molecule has 0 atom stereocenters. The van der Waals surface area contributed by atoms with E-state index in [-0.39, 0.29) is 0 Å². The SMILES string of the molecule is Clc1cc(-c2ccc(-c3ccc(-c4cc(Cl)ncn4)s3)s2)ncn1. The summed E-state index contributed by atoms with van der Waals surface area (Å²) in [5, 5.41) is 0.878. The van der Waals surface area contributed by atoms with Crippen LogP contribution in [-0.4, -0.2) is 19.9 Å². The van der Waals surface area contributed by atoms with Crippen molar-refractivity contribution in [3.8, 4) is 30.9 Å². The highest BCUT2D eigenvalue weighted by molar-refractivity contribution is 7.25. The minimum absolute atomic E-state index is 0.439. The molecule has 0 saturated carbocycles. The Hall–Kier alpha value is -1.86. The molecule has 4 heterocycles. The summed E-state index contributed by atoms with van der Waals surface area (Å²) in [7, 11) is 0. The fraction of sp³-hybridized carbons (Fsp3) is 0. The summed E-state index contributed by atoms with van der Waals surface area (Å²) in [5.41, 5.74) is 1.65. The van der Waals surface area contributed by atoms with Gasteiger partial charge in [0.2, 0.25) is 0 Å². The maximum Gasteiger partial charge on any atom is 0.133 e. The monoisotopic (exact) mass is 390 g/mol. The Bertz CT molecular complexity index is 931. The summed E-state index contributed by atoms with van der Waals surface area (Å²) < 4.78 is 0. The van der Waals surface area contributed by atoms with Gasteiger partial charge in [0, 0.05) is 21.9 Å². The van der Waals surface area contributed by atoms with E-state index in [0.29, 0.717) is 10.3 Å². The lowest BCUT2D eigenvalue weighted by atomic mass is 10.3. The molecule has 4 nitrogen and oxygen atoms in total. The second kappa shape index (κ2) is 6.57. The quantitative estimate of drug-likeness (QED) is 0.421. The minimum atomic E-state index is 0.439. The lowest BCUT2D eigenvalue weighted by molar-refractivity contribution is 1.18. The fourth-order valence-electron chi connectivity index (χ4n) is 2.15. The van der Waals surface area contributed by atoms with Gasteiger partial charge in [-0.05, 0) is 24.3 Å². The Morgan fingerprint density at radius 3 is 1.42 bits per heavy atom. The molecule has 0 unspecified atom stereocenters. The molecule has 0 aliphatic heterocycles. The molecule has 0 aromatic carbocycles. The first-order valence-corrected chi connectivity index (χ1v) is 9.24. The third kappa shape index (κ3) is 3.18. The molecule has 118 valence electrons. The van der Waals surface area contributed by atoms with Gasteiger partial charge in [-0.2, -0.15) is 0 Å². The summed E-state index contributed by atoms with van der Waals surface area (Å²) in [6.07, 6.45) is 2.94. The zero-order valence-corrected chi connectivity index (χ0v) is 15.1. The van der Waals surface area contributed by atoms with Gasteiger partial charge in [0.25, 0.3) is 0 Å². The van der Waals surface area contributed by atoms with Crippen LogP contribution in [0.15, 0.2) is 49.1 Å². The van der Waals surface area contributed by atoms with E-state index in [1.807, 2.05) is 12.1 Å². The zero-order valence-electron chi connectivity index (χ0n) is 12.0. The van der Waals surface area contributed by atoms with Crippen molar-refractivity contribution in [1.82, 2.24) is 19.9 Å². The summed E-state index contributed by atoms with van der Waals surface area (Å²) in [5.74, 6) is 0. The van der Waals surface area contributed by atoms with Crippen LogP contribution < -0.4 is 0 Å². The second-order valence-electron chi connectivity index (χ2n) is 4.78. The van der Waals surface area contributed by atoms with Crippen molar-refractivity contribution in [3.63, 3.8) is 0 Å². The first kappa shape index (κ1) is 15.7. The molecule has 24 heavy (non-hydrogen) atoms. The van der Waals surface area contributed by atoms with Crippen LogP contribution in [0.25, 0.3) is 30.9 Å². The van der Waals surface area contributed by atoms with Crippen molar-refractivity contribution in [1.29, 1.82) is 0 Å². The van der Waals surface area contributed by atoms with Crippen molar-refractivity contribution >= 4 is 45.9 Å². The number of hydrogen-bond donors (Lipinski definition) is 0. The molecule has 0 bridgehead atoms. The van der Waals surface area contributed by atoms with E-state index in [2.05, 4.69) is 32.1 Å². The van der Waals surface area contributed by atoms with Gasteiger partial charge in [-0.3, -0.25) is 0 Å². The predicted molar refractivity (Wildman–Crippen MR) is 99.7 cm³/mol. The third-order valence-electron chi connectivity index (χ3n) is 3.23. The molecular weight excluding hydrogens is 383 g/mol. The Morgan fingerprint density at radius 1 is 0.583 bits per heavy atom. The van der Waals surface area contributed by atoms with Gasteiger partial charge >= 0.3 is 0 Å². The highest BCUT2D eigenvalue weighted by Gasteiger charge is 2.11. The Labute approximate surface area is 155 Å². The van der Waals surface area contributed by atoms with E-state index in [1.54, 1.807) is 34.8 Å². The highest BCUT2D eigenvalue weighted by Crippen LogP contribution is 2.39. The normalized spacial score (nSPS) is 10.9. The van der Waals surface area contributed by atoms with E-state index >= 15 is 0 Å². The molecule has 0 spiro atoms. The molecule has 0 fully saturated rings. The molecule has 0 radical (unpaired) electrons. The average Bonchev–Trinajstić information content (AvgIpc) is 3.24. The molecule has 0 N–H and O–H groups in total. The number of nitrogens with zero attached hydrogens (tertiary/aromatic N) is 4. The van der Waals surface area contributed by atoms with Crippen LogP contribution in [0, 0.1) is 0 Å². The van der Waals surface area contributed by atoms with Crippen molar-refractivity contribution in [2.45, 2.75) is 0 Å². The smallest absolute Gasteiger partial charge is 0.133 e. The maximum atomic E-state index is 5.94. The molecule has 8 heteroatoms. The third-order valence-corrected chi connectivity index (χ3v) is 6.05. The van der Waals surface area contributed by atoms with Gasteiger partial charge in [-0.1, -0.05) is 23.2 Å². The highest BCUT2D eigenvalue weighted by atomic mass is 35.5. The lowest BCUT2D eigenvalue weighted by Crippen LogP contribution is -1.81. The lowest BCUT2D eigenvalue weighted by Gasteiger charge is -1.96. The van der Waals surface area contributed by atoms with Gasteiger partial charge in [0.1, 0.15) is 23.0 Å². The number of aromatic nitrogens is 4. The second-order valence-corrected chi connectivity index (χ2v) is 7.72. The number of hydrogen-bond acceptors (Lipinski definition) is 6. The zero-order chi connectivity index (χ0) is 16.5. The number of rotatable bonds is 3. The largest absolute Gasteiger partial charge is 0.235 e. The van der Waals surface area contributed by atoms with E-state index in [0.717, 1.165) is 30.9 Å². The molecule has 4 aromatic heterocycles. The van der Waals surface area contributed by atoms with E-state index in [1.165, 1.54) is 12.7 Å². The maximum absolute atomic E-state index is 5.94. The minimum Gasteiger partial charge on any atom is -0.235 e. The summed E-state index contributed by atoms with van der Waals surface area (Å²) in [4.78, 5) is 20.8. The van der Waals surface area contributed by atoms with Crippen LogP contribution in [0.1, 0.15) is 0 Å². The summed E-state index contributed by atoms with van der Waals surface area (Å²) >= 11 is 15.2. The van der Waals surface area contributed by atoms with E-state index < -0.39 is 0 Å². The Morgan fingerprint density at radius 2 is 1.00 bits per heavy atom. The van der Waals surface area contributed by atoms with Gasteiger partial charge in [-0.15, -0.1) is 22.7 Å². The van der Waals surface area contributed by atoms with Crippen molar-refractivity contribution in [2.75, 3.05) is 0 Å². The van der Waals surface area contributed by atoms with Crippen LogP contribution >= 0.6 is 45.9 Å². The molecule has 0 amide bonds. The predicted octanol–water partition coefficient (Wildman–Crippen LogP) is 5.70. The van der Waals surface area contributed by atoms with Crippen molar-refractivity contribution in [3.05, 3.63) is 59.4 Å². The molecular formula is C16H8Cl2N4S2. The number of thiophene rings is 2. The molecule has 0 saturated heterocycles. The van der Waals surface area contributed by atoms with Crippen LogP contribution in [0.4, 0.5) is 0 Å². The van der Waals surface area contributed by atoms with Crippen molar-refractivity contribution < 1.29 is 0 Å². The van der Waals surface area contributed by atoms with Gasteiger partial charge in [0.15, 0.2) is 0 Å². The summed E-state index contributed by atoms with van der Waals surface area (Å²) in [6.45, 7) is 0. The van der Waals surface area contributed by atoms with Crippen LogP contribution in [0.3, 0.4) is 0 Å². The standard InChI is InChI=1S/C16H8Cl2N4S2/c17-15-5-9(19-7-21-15)11-1-3-13(23-11)14-4-2-12(24-14)10-6-16(18)22-8-20-10/h1-8H. The van der Waals surface area contributed by atoms with Gasteiger partial charge in [0.05, 0.1) is 21.1 Å². The number of halogens is 2. The van der Waals surface area contributed by atoms with Crippen LogP contribution in [0.2, 0.25) is 10.3 Å². The van der Waals surface area contributed by atoms with E-state index in [9.17, 15) is 0 Å². The average molecular weight is 391 g/mol. The van der Waals surface area contributed by atoms with E-state index in [4.69, 9.17) is 23.2 Å². The van der Waals surface area contributed by atoms with Crippen LogP contribution in [-0.2, 0) is 0 Å². The first-order valence-electron chi connectivity index (χ1n) is 6.85. The molecule has 4 aromatic rings. The Kier molecular flexibility index (Phi) is 4.28. The van der Waals surface area contributed by atoms with Crippen molar-refractivity contribution in [2.24, 2.45) is 0 Å². The molecule has 4 rings (SSSR count). The molecule has 0 aliphatic rings. The topological polar surface area (TPSA) is 51.6 Å². The summed E-state index contributed by atoms with van der Waals surface area (Å²) in [6, 6.07) is 11.8. The van der Waals surface area contributed by atoms with Gasteiger partial charge < -0.3 is 0 Å². The molecule has 0 aliphatic carbocycles. The Balaban J connectivity index is 1.66. The first-order chi connectivity index (χ1) is 11.7. The van der Waals surface area contributed by atoms with Crippen LogP contribution in [0.5, 0.6) is 0 Å². The fourth-order valence-corrected chi connectivity index (χ4v) is 4.48.